The Balaban J connectivity index is 3.13. The fraction of sp³-hybridized carbons (Fsp3) is 0.667. The SMILES string of the molecule is CCCCC=CC=COCCOCCO. The monoisotopic (exact) mass is 214 g/mol. The number of aliphatic hydroxyl groups excluding tert-OH is 1. The Kier molecular flexibility index (Phi) is 12.5. The molecule has 0 radical (unpaired) electrons. The predicted molar refractivity (Wildman–Crippen MR) is 61.7 cm³/mol. The van der Waals surface area contributed by atoms with Crippen LogP contribution in [0.1, 0.15) is 26.2 Å². The predicted octanol–water partition coefficient (Wildman–Crippen LogP) is 2.27. The van der Waals surface area contributed by atoms with Gasteiger partial charge in [0.05, 0.1) is 26.1 Å². The lowest BCUT2D eigenvalue weighted by atomic mass is 10.2. The minimum atomic E-state index is 0.0655. The Hall–Kier alpha value is -0.800. The van der Waals surface area contributed by atoms with Crippen molar-refractivity contribution in [3.8, 4) is 0 Å². The Morgan fingerprint density at radius 2 is 2.00 bits per heavy atom. The number of hydrogen-bond acceptors (Lipinski definition) is 3. The second-order valence-corrected chi connectivity index (χ2v) is 3.11. The van der Waals surface area contributed by atoms with Crippen LogP contribution in [-0.2, 0) is 9.47 Å². The summed E-state index contributed by atoms with van der Waals surface area (Å²) >= 11 is 0. The Morgan fingerprint density at radius 1 is 1.13 bits per heavy atom. The molecule has 3 nitrogen and oxygen atoms in total. The lowest BCUT2D eigenvalue weighted by Gasteiger charge is -2.00. The third kappa shape index (κ3) is 13.2. The van der Waals surface area contributed by atoms with E-state index in [4.69, 9.17) is 14.6 Å². The van der Waals surface area contributed by atoms with Crippen LogP contribution in [0.4, 0.5) is 0 Å². The quantitative estimate of drug-likeness (QED) is 0.344. The number of allylic oxidation sites excluding steroid dienone is 3. The molecule has 0 aromatic rings. The molecule has 88 valence electrons. The number of aliphatic hydroxyl groups is 1. The molecule has 0 aliphatic heterocycles. The topological polar surface area (TPSA) is 38.7 Å². The van der Waals surface area contributed by atoms with Crippen LogP contribution in [0.15, 0.2) is 24.5 Å². The minimum absolute atomic E-state index is 0.0655. The number of rotatable bonds is 10. The van der Waals surface area contributed by atoms with Crippen LogP contribution < -0.4 is 0 Å². The van der Waals surface area contributed by atoms with Gasteiger partial charge < -0.3 is 14.6 Å². The molecule has 0 rings (SSSR count). The van der Waals surface area contributed by atoms with Gasteiger partial charge in [-0.3, -0.25) is 0 Å². The van der Waals surface area contributed by atoms with E-state index in [-0.39, 0.29) is 6.61 Å². The molecule has 0 saturated heterocycles. The van der Waals surface area contributed by atoms with Crippen LogP contribution in [-0.4, -0.2) is 31.5 Å². The van der Waals surface area contributed by atoms with Gasteiger partial charge in [-0.25, -0.2) is 0 Å². The van der Waals surface area contributed by atoms with Gasteiger partial charge in [0.15, 0.2) is 0 Å². The molecule has 0 aromatic heterocycles. The first-order valence-corrected chi connectivity index (χ1v) is 5.53. The third-order valence-electron chi connectivity index (χ3n) is 1.73. The Bertz CT molecular complexity index is 164. The molecule has 0 atom stereocenters. The van der Waals surface area contributed by atoms with Gasteiger partial charge in [-0.1, -0.05) is 31.9 Å². The van der Waals surface area contributed by atoms with Crippen LogP contribution in [0.3, 0.4) is 0 Å². The zero-order valence-electron chi connectivity index (χ0n) is 9.52. The van der Waals surface area contributed by atoms with E-state index in [9.17, 15) is 0 Å². The van der Waals surface area contributed by atoms with Crippen molar-refractivity contribution in [2.45, 2.75) is 26.2 Å². The average molecular weight is 214 g/mol. The highest BCUT2D eigenvalue weighted by Crippen LogP contribution is 1.94. The van der Waals surface area contributed by atoms with E-state index in [0.29, 0.717) is 19.8 Å². The van der Waals surface area contributed by atoms with E-state index in [1.165, 1.54) is 12.8 Å². The molecule has 0 spiro atoms. The Morgan fingerprint density at radius 3 is 2.73 bits per heavy atom. The van der Waals surface area contributed by atoms with Gasteiger partial charge in [-0.2, -0.15) is 0 Å². The fourth-order valence-electron chi connectivity index (χ4n) is 0.939. The summed E-state index contributed by atoms with van der Waals surface area (Å²) < 4.78 is 10.2. The van der Waals surface area contributed by atoms with Crippen molar-refractivity contribution in [1.29, 1.82) is 0 Å². The lowest BCUT2D eigenvalue weighted by molar-refractivity contribution is 0.0601. The molecule has 0 aliphatic rings. The molecule has 0 bridgehead atoms. The van der Waals surface area contributed by atoms with E-state index < -0.39 is 0 Å². The van der Waals surface area contributed by atoms with E-state index in [1.54, 1.807) is 6.26 Å². The largest absolute Gasteiger partial charge is 0.499 e. The smallest absolute Gasteiger partial charge is 0.111 e. The molecule has 0 saturated carbocycles. The highest BCUT2D eigenvalue weighted by atomic mass is 16.5. The first-order valence-electron chi connectivity index (χ1n) is 5.53. The van der Waals surface area contributed by atoms with Gasteiger partial charge in [0, 0.05) is 0 Å². The van der Waals surface area contributed by atoms with E-state index in [1.807, 2.05) is 12.2 Å². The van der Waals surface area contributed by atoms with Crippen molar-refractivity contribution in [1.82, 2.24) is 0 Å². The molecule has 0 aliphatic carbocycles. The number of unbranched alkanes of at least 4 members (excludes halogenated alkanes) is 2. The standard InChI is InChI=1S/C12H22O3/c1-2-3-4-5-6-7-9-14-11-12-15-10-8-13/h5-7,9,13H,2-4,8,10-12H2,1H3. The maximum atomic E-state index is 8.42. The molecule has 0 aromatic carbocycles. The number of hydrogen-bond donors (Lipinski definition) is 1. The summed E-state index contributed by atoms with van der Waals surface area (Å²) in [6.07, 6.45) is 11.2. The second kappa shape index (κ2) is 13.2. The fourth-order valence-corrected chi connectivity index (χ4v) is 0.939. The van der Waals surface area contributed by atoms with Crippen molar-refractivity contribution in [3.05, 3.63) is 24.5 Å². The molecule has 0 unspecified atom stereocenters. The lowest BCUT2D eigenvalue weighted by Crippen LogP contribution is -2.04. The third-order valence-corrected chi connectivity index (χ3v) is 1.73. The van der Waals surface area contributed by atoms with E-state index in [2.05, 4.69) is 13.0 Å². The van der Waals surface area contributed by atoms with Crippen LogP contribution in [0.2, 0.25) is 0 Å². The maximum absolute atomic E-state index is 8.42. The highest BCUT2D eigenvalue weighted by Gasteiger charge is 1.84. The van der Waals surface area contributed by atoms with E-state index in [0.717, 1.165) is 6.42 Å². The van der Waals surface area contributed by atoms with Crippen LogP contribution in [0.25, 0.3) is 0 Å². The normalized spacial score (nSPS) is 11.6. The summed E-state index contributed by atoms with van der Waals surface area (Å²) in [6, 6.07) is 0. The van der Waals surface area contributed by atoms with Crippen molar-refractivity contribution >= 4 is 0 Å². The van der Waals surface area contributed by atoms with Gasteiger partial charge in [0.2, 0.25) is 0 Å². The number of ether oxygens (including phenoxy) is 2. The molecule has 0 heterocycles. The molecule has 0 fully saturated rings. The van der Waals surface area contributed by atoms with Gasteiger partial charge in [0.1, 0.15) is 6.61 Å². The highest BCUT2D eigenvalue weighted by molar-refractivity contribution is 4.99. The molecule has 0 amide bonds. The minimum Gasteiger partial charge on any atom is -0.499 e. The summed E-state index contributed by atoms with van der Waals surface area (Å²) in [4.78, 5) is 0. The summed E-state index contributed by atoms with van der Waals surface area (Å²) in [5.74, 6) is 0. The van der Waals surface area contributed by atoms with Crippen LogP contribution >= 0.6 is 0 Å². The molecule has 3 heteroatoms. The molecule has 15 heavy (non-hydrogen) atoms. The average Bonchev–Trinajstić information content (AvgIpc) is 2.26. The summed E-state index contributed by atoms with van der Waals surface area (Å²) in [5.41, 5.74) is 0. The van der Waals surface area contributed by atoms with Gasteiger partial charge in [0.25, 0.3) is 0 Å². The Labute approximate surface area is 92.4 Å². The van der Waals surface area contributed by atoms with Crippen molar-refractivity contribution in [3.63, 3.8) is 0 Å². The first kappa shape index (κ1) is 14.2. The molecular formula is C12H22O3. The molecule has 1 N–H and O–H groups in total. The van der Waals surface area contributed by atoms with Crippen molar-refractivity contribution in [2.75, 3.05) is 26.4 Å². The molecular weight excluding hydrogens is 192 g/mol. The van der Waals surface area contributed by atoms with Crippen molar-refractivity contribution in [2.24, 2.45) is 0 Å². The van der Waals surface area contributed by atoms with Crippen LogP contribution in [0.5, 0.6) is 0 Å². The van der Waals surface area contributed by atoms with E-state index >= 15 is 0 Å². The van der Waals surface area contributed by atoms with Gasteiger partial charge in [-0.15, -0.1) is 0 Å². The maximum Gasteiger partial charge on any atom is 0.111 e. The zero-order valence-corrected chi connectivity index (χ0v) is 9.52. The van der Waals surface area contributed by atoms with Crippen LogP contribution in [0, 0.1) is 0 Å². The first-order chi connectivity index (χ1) is 7.41. The summed E-state index contributed by atoms with van der Waals surface area (Å²) in [5, 5.41) is 8.42. The second-order valence-electron chi connectivity index (χ2n) is 3.11. The summed E-state index contributed by atoms with van der Waals surface area (Å²) in [6.45, 7) is 3.67. The van der Waals surface area contributed by atoms with Gasteiger partial charge >= 0.3 is 0 Å². The van der Waals surface area contributed by atoms with Crippen molar-refractivity contribution < 1.29 is 14.6 Å². The zero-order chi connectivity index (χ0) is 11.2. The van der Waals surface area contributed by atoms with Gasteiger partial charge in [-0.05, 0) is 12.5 Å². The summed E-state index contributed by atoms with van der Waals surface area (Å²) in [7, 11) is 0.